The number of aromatic carboxylic acids is 1. The molecule has 0 spiro atoms. The fourth-order valence-corrected chi connectivity index (χ4v) is 3.71. The first-order valence-corrected chi connectivity index (χ1v) is 11.3. The minimum absolute atomic E-state index is 0.0719. The van der Waals surface area contributed by atoms with Gasteiger partial charge >= 0.3 is 5.97 Å². The molecule has 0 aliphatic rings. The molecule has 2 amide bonds. The Bertz CT molecular complexity index is 1350. The van der Waals surface area contributed by atoms with E-state index in [-0.39, 0.29) is 23.5 Å². The molecule has 4 aromatic carbocycles. The smallest absolute Gasteiger partial charge is 0.335 e. The second kappa shape index (κ2) is 11.0. The van der Waals surface area contributed by atoms with Gasteiger partial charge in [-0.2, -0.15) is 0 Å². The largest absolute Gasteiger partial charge is 0.478 e. The number of rotatable bonds is 8. The summed E-state index contributed by atoms with van der Waals surface area (Å²) in [5.74, 6) is -1.95. The molecular weight excluding hydrogens is 454 g/mol. The van der Waals surface area contributed by atoms with Gasteiger partial charge in [0.05, 0.1) is 5.56 Å². The van der Waals surface area contributed by atoms with Crippen LogP contribution in [0, 0.1) is 0 Å². The van der Waals surface area contributed by atoms with Gasteiger partial charge in [0.1, 0.15) is 6.04 Å². The van der Waals surface area contributed by atoms with Crippen LogP contribution in [0.25, 0.3) is 11.1 Å². The molecule has 0 aliphatic carbocycles. The van der Waals surface area contributed by atoms with E-state index in [1.165, 1.54) is 24.3 Å². The maximum Gasteiger partial charge on any atom is 0.335 e. The Morgan fingerprint density at radius 3 is 1.92 bits per heavy atom. The molecule has 180 valence electrons. The summed E-state index contributed by atoms with van der Waals surface area (Å²) in [5, 5.41) is 14.7. The Morgan fingerprint density at radius 2 is 1.31 bits per heavy atom. The predicted octanol–water partition coefficient (Wildman–Crippen LogP) is 4.61. The van der Waals surface area contributed by atoms with Gasteiger partial charge in [-0.05, 0) is 65.2 Å². The van der Waals surface area contributed by atoms with Crippen LogP contribution in [0.1, 0.15) is 26.3 Å². The van der Waals surface area contributed by atoms with Crippen LogP contribution in [0.15, 0.2) is 103 Å². The molecule has 4 aromatic rings. The van der Waals surface area contributed by atoms with E-state index in [1.54, 1.807) is 24.3 Å². The third kappa shape index (κ3) is 6.15. The van der Waals surface area contributed by atoms with Crippen LogP contribution in [-0.2, 0) is 11.2 Å². The van der Waals surface area contributed by atoms with Crippen molar-refractivity contribution in [2.75, 3.05) is 11.1 Å². The lowest BCUT2D eigenvalue weighted by molar-refractivity contribution is -0.118. The highest BCUT2D eigenvalue weighted by atomic mass is 16.4. The van der Waals surface area contributed by atoms with Gasteiger partial charge in [-0.3, -0.25) is 9.59 Å². The summed E-state index contributed by atoms with van der Waals surface area (Å²) in [6.07, 6.45) is 0.259. The van der Waals surface area contributed by atoms with E-state index in [9.17, 15) is 14.4 Å². The standard InChI is InChI=1S/C29H25N3O4/c30-24-14-16-25(17-15-24)31-28(34)26(32-27(33)22-10-12-23(13-11-22)29(35)36)18-19-6-8-21(9-7-19)20-4-2-1-3-5-20/h1-17,26H,18,30H2,(H,31,34)(H,32,33)(H,35,36). The molecule has 0 bridgehead atoms. The summed E-state index contributed by atoms with van der Waals surface area (Å²) >= 11 is 0. The van der Waals surface area contributed by atoms with E-state index in [0.29, 0.717) is 11.4 Å². The normalized spacial score (nSPS) is 11.3. The zero-order valence-electron chi connectivity index (χ0n) is 19.3. The zero-order valence-corrected chi connectivity index (χ0v) is 19.3. The summed E-state index contributed by atoms with van der Waals surface area (Å²) in [5.41, 5.74) is 10.2. The van der Waals surface area contributed by atoms with Crippen LogP contribution in [0.3, 0.4) is 0 Å². The number of carboxylic acid groups (broad SMARTS) is 1. The summed E-state index contributed by atoms with van der Waals surface area (Å²) in [6.45, 7) is 0. The van der Waals surface area contributed by atoms with Gasteiger partial charge in [0.2, 0.25) is 5.91 Å². The Kier molecular flexibility index (Phi) is 7.41. The van der Waals surface area contributed by atoms with Gasteiger partial charge < -0.3 is 21.5 Å². The lowest BCUT2D eigenvalue weighted by atomic mass is 10.00. The highest BCUT2D eigenvalue weighted by molar-refractivity contribution is 6.01. The second-order valence-corrected chi connectivity index (χ2v) is 8.29. The van der Waals surface area contributed by atoms with Crippen molar-refractivity contribution in [3.05, 3.63) is 120 Å². The third-order valence-electron chi connectivity index (χ3n) is 5.69. The van der Waals surface area contributed by atoms with Gasteiger partial charge in [0, 0.05) is 23.4 Å². The van der Waals surface area contributed by atoms with Crippen LogP contribution in [0.2, 0.25) is 0 Å². The van der Waals surface area contributed by atoms with E-state index in [2.05, 4.69) is 10.6 Å². The summed E-state index contributed by atoms with van der Waals surface area (Å²) in [4.78, 5) is 37.2. The number of hydrogen-bond donors (Lipinski definition) is 4. The van der Waals surface area contributed by atoms with Crippen LogP contribution in [0.4, 0.5) is 11.4 Å². The molecule has 0 fully saturated rings. The molecule has 0 saturated carbocycles. The average Bonchev–Trinajstić information content (AvgIpc) is 2.90. The van der Waals surface area contributed by atoms with Crippen LogP contribution < -0.4 is 16.4 Å². The number of benzene rings is 4. The Labute approximate surface area is 208 Å². The van der Waals surface area contributed by atoms with E-state index in [4.69, 9.17) is 10.8 Å². The highest BCUT2D eigenvalue weighted by Crippen LogP contribution is 2.20. The SMILES string of the molecule is Nc1ccc(NC(=O)C(Cc2ccc(-c3ccccc3)cc2)NC(=O)c2ccc(C(=O)O)cc2)cc1. The van der Waals surface area contributed by atoms with Crippen molar-refractivity contribution in [2.45, 2.75) is 12.5 Å². The molecule has 7 nitrogen and oxygen atoms in total. The molecule has 0 aliphatic heterocycles. The molecule has 0 radical (unpaired) electrons. The molecule has 7 heteroatoms. The molecule has 5 N–H and O–H groups in total. The number of nitrogens with two attached hydrogens (primary N) is 1. The quantitative estimate of drug-likeness (QED) is 0.275. The van der Waals surface area contributed by atoms with Crippen molar-refractivity contribution in [1.29, 1.82) is 0 Å². The first-order valence-electron chi connectivity index (χ1n) is 11.3. The fraction of sp³-hybridized carbons (Fsp3) is 0.0690. The minimum atomic E-state index is -1.08. The molecule has 36 heavy (non-hydrogen) atoms. The van der Waals surface area contributed by atoms with E-state index < -0.39 is 17.9 Å². The van der Waals surface area contributed by atoms with Gasteiger partial charge in [-0.25, -0.2) is 4.79 Å². The van der Waals surface area contributed by atoms with Crippen molar-refractivity contribution in [3.63, 3.8) is 0 Å². The lowest BCUT2D eigenvalue weighted by Gasteiger charge is -2.19. The van der Waals surface area contributed by atoms with Crippen LogP contribution in [0.5, 0.6) is 0 Å². The third-order valence-corrected chi connectivity index (χ3v) is 5.69. The van der Waals surface area contributed by atoms with Crippen molar-refractivity contribution in [1.82, 2.24) is 5.32 Å². The molecular formula is C29H25N3O4. The van der Waals surface area contributed by atoms with Gasteiger partial charge in [-0.15, -0.1) is 0 Å². The first-order chi connectivity index (χ1) is 17.4. The predicted molar refractivity (Wildman–Crippen MR) is 140 cm³/mol. The van der Waals surface area contributed by atoms with Crippen LogP contribution >= 0.6 is 0 Å². The number of amides is 2. The van der Waals surface area contributed by atoms with Crippen molar-refractivity contribution >= 4 is 29.2 Å². The van der Waals surface area contributed by atoms with E-state index >= 15 is 0 Å². The molecule has 0 aromatic heterocycles. The van der Waals surface area contributed by atoms with E-state index in [0.717, 1.165) is 16.7 Å². The molecule has 4 rings (SSSR count). The number of nitrogens with one attached hydrogen (secondary N) is 2. The number of carboxylic acids is 1. The monoisotopic (exact) mass is 479 g/mol. The fourth-order valence-electron chi connectivity index (χ4n) is 3.71. The average molecular weight is 480 g/mol. The topological polar surface area (TPSA) is 122 Å². The number of hydrogen-bond acceptors (Lipinski definition) is 4. The van der Waals surface area contributed by atoms with Gasteiger partial charge in [0.25, 0.3) is 5.91 Å². The van der Waals surface area contributed by atoms with E-state index in [1.807, 2.05) is 54.6 Å². The maximum absolute atomic E-state index is 13.2. The summed E-state index contributed by atoms with van der Waals surface area (Å²) in [6, 6.07) is 29.1. The zero-order chi connectivity index (χ0) is 25.5. The lowest BCUT2D eigenvalue weighted by Crippen LogP contribution is -2.45. The Hall–Kier alpha value is -4.91. The van der Waals surface area contributed by atoms with Crippen molar-refractivity contribution in [3.8, 4) is 11.1 Å². The highest BCUT2D eigenvalue weighted by Gasteiger charge is 2.22. The number of carbonyl (C=O) groups excluding carboxylic acids is 2. The Morgan fingerprint density at radius 1 is 0.722 bits per heavy atom. The Balaban J connectivity index is 1.53. The van der Waals surface area contributed by atoms with Crippen molar-refractivity contribution < 1.29 is 19.5 Å². The number of carbonyl (C=O) groups is 3. The van der Waals surface area contributed by atoms with Gasteiger partial charge in [-0.1, -0.05) is 54.6 Å². The number of nitrogen functional groups attached to an aromatic ring is 1. The first kappa shape index (κ1) is 24.2. The summed E-state index contributed by atoms with van der Waals surface area (Å²) in [7, 11) is 0. The number of anilines is 2. The minimum Gasteiger partial charge on any atom is -0.478 e. The molecule has 0 heterocycles. The molecule has 0 saturated heterocycles. The summed E-state index contributed by atoms with van der Waals surface area (Å²) < 4.78 is 0. The second-order valence-electron chi connectivity index (χ2n) is 8.29. The van der Waals surface area contributed by atoms with Crippen molar-refractivity contribution in [2.24, 2.45) is 0 Å². The maximum atomic E-state index is 13.2. The molecule has 1 atom stereocenters. The van der Waals surface area contributed by atoms with Gasteiger partial charge in [0.15, 0.2) is 0 Å². The van der Waals surface area contributed by atoms with Crippen LogP contribution in [-0.4, -0.2) is 28.9 Å². The molecule has 1 unspecified atom stereocenters.